The molecule has 13 heavy (non-hydrogen) atoms. The van der Waals surface area contributed by atoms with Crippen molar-refractivity contribution in [3.63, 3.8) is 0 Å². The number of halogens is 2. The minimum Gasteiger partial charge on any atom is -0.309 e. The average Bonchev–Trinajstić information content (AvgIpc) is 2.14. The molecule has 0 bridgehead atoms. The highest BCUT2D eigenvalue weighted by Crippen LogP contribution is 2.00. The standard InChI is InChI=1S/C9H12ClFN2/c1-7(3-10)13-5-8-2-9(11)6-12-4-8/h2,4,6-7,13H,3,5H2,1H3. The van der Waals surface area contributed by atoms with Crippen molar-refractivity contribution in [3.8, 4) is 0 Å². The topological polar surface area (TPSA) is 24.9 Å². The summed E-state index contributed by atoms with van der Waals surface area (Å²) in [5.41, 5.74) is 0.831. The molecule has 0 saturated carbocycles. The summed E-state index contributed by atoms with van der Waals surface area (Å²) in [6.45, 7) is 2.57. The first-order chi connectivity index (χ1) is 6.22. The van der Waals surface area contributed by atoms with Crippen LogP contribution in [0.1, 0.15) is 12.5 Å². The lowest BCUT2D eigenvalue weighted by Crippen LogP contribution is -2.26. The van der Waals surface area contributed by atoms with Crippen molar-refractivity contribution in [1.29, 1.82) is 0 Å². The Hall–Kier alpha value is -0.670. The lowest BCUT2D eigenvalue weighted by Gasteiger charge is -2.09. The van der Waals surface area contributed by atoms with Gasteiger partial charge in [0.05, 0.1) is 6.20 Å². The lowest BCUT2D eigenvalue weighted by molar-refractivity contribution is 0.581. The van der Waals surface area contributed by atoms with Gasteiger partial charge in [0.25, 0.3) is 0 Å². The third-order valence-corrected chi connectivity index (χ3v) is 2.11. The fourth-order valence-electron chi connectivity index (χ4n) is 0.899. The number of nitrogens with zero attached hydrogens (tertiary/aromatic N) is 1. The fraction of sp³-hybridized carbons (Fsp3) is 0.444. The van der Waals surface area contributed by atoms with Crippen LogP contribution in [0.5, 0.6) is 0 Å². The fourth-order valence-corrected chi connectivity index (χ4v) is 1.01. The normalized spacial score (nSPS) is 12.8. The first-order valence-electron chi connectivity index (χ1n) is 4.11. The van der Waals surface area contributed by atoms with Crippen molar-refractivity contribution < 1.29 is 4.39 Å². The summed E-state index contributed by atoms with van der Waals surface area (Å²) in [5, 5.41) is 3.14. The third kappa shape index (κ3) is 3.70. The van der Waals surface area contributed by atoms with Crippen LogP contribution < -0.4 is 5.32 Å². The molecule has 0 aliphatic carbocycles. The second-order valence-electron chi connectivity index (χ2n) is 2.95. The Balaban J connectivity index is 2.45. The molecule has 0 radical (unpaired) electrons. The van der Waals surface area contributed by atoms with E-state index in [0.29, 0.717) is 12.4 Å². The molecule has 1 N–H and O–H groups in total. The van der Waals surface area contributed by atoms with E-state index in [4.69, 9.17) is 11.6 Å². The Labute approximate surface area is 82.1 Å². The second-order valence-corrected chi connectivity index (χ2v) is 3.26. The van der Waals surface area contributed by atoms with Gasteiger partial charge in [0.1, 0.15) is 5.82 Å². The van der Waals surface area contributed by atoms with Crippen LogP contribution in [0.4, 0.5) is 4.39 Å². The van der Waals surface area contributed by atoms with Gasteiger partial charge in [-0.15, -0.1) is 11.6 Å². The maximum atomic E-state index is 12.7. The van der Waals surface area contributed by atoms with Gasteiger partial charge in [0.15, 0.2) is 0 Å². The summed E-state index contributed by atoms with van der Waals surface area (Å²) in [4.78, 5) is 3.74. The maximum Gasteiger partial charge on any atom is 0.141 e. The number of alkyl halides is 1. The van der Waals surface area contributed by atoms with E-state index in [2.05, 4.69) is 10.3 Å². The van der Waals surface area contributed by atoms with E-state index in [9.17, 15) is 4.39 Å². The van der Waals surface area contributed by atoms with Gasteiger partial charge in [-0.25, -0.2) is 4.39 Å². The third-order valence-electron chi connectivity index (χ3n) is 1.65. The monoisotopic (exact) mass is 202 g/mol. The van der Waals surface area contributed by atoms with Gasteiger partial charge in [-0.2, -0.15) is 0 Å². The molecule has 1 rings (SSSR count). The Kier molecular flexibility index (Phi) is 4.12. The van der Waals surface area contributed by atoms with Crippen LogP contribution in [0.15, 0.2) is 18.5 Å². The van der Waals surface area contributed by atoms with Gasteiger partial charge >= 0.3 is 0 Å². The van der Waals surface area contributed by atoms with Crippen molar-refractivity contribution in [3.05, 3.63) is 29.8 Å². The van der Waals surface area contributed by atoms with E-state index in [-0.39, 0.29) is 11.9 Å². The van der Waals surface area contributed by atoms with E-state index >= 15 is 0 Å². The van der Waals surface area contributed by atoms with E-state index in [0.717, 1.165) is 5.56 Å². The zero-order valence-electron chi connectivity index (χ0n) is 7.43. The smallest absolute Gasteiger partial charge is 0.141 e. The molecule has 0 spiro atoms. The van der Waals surface area contributed by atoms with Gasteiger partial charge in [-0.3, -0.25) is 4.98 Å². The summed E-state index contributed by atoms with van der Waals surface area (Å²) >= 11 is 5.60. The summed E-state index contributed by atoms with van der Waals surface area (Å²) in [6, 6.07) is 1.69. The van der Waals surface area contributed by atoms with Crippen molar-refractivity contribution >= 4 is 11.6 Å². The van der Waals surface area contributed by atoms with Crippen LogP contribution in [-0.2, 0) is 6.54 Å². The predicted molar refractivity (Wildman–Crippen MR) is 51.2 cm³/mol. The number of rotatable bonds is 4. The van der Waals surface area contributed by atoms with Crippen molar-refractivity contribution in [1.82, 2.24) is 10.3 Å². The SMILES string of the molecule is CC(CCl)NCc1cncc(F)c1. The van der Waals surface area contributed by atoms with E-state index < -0.39 is 0 Å². The average molecular weight is 203 g/mol. The molecule has 4 heteroatoms. The number of nitrogens with one attached hydrogen (secondary N) is 1. The van der Waals surface area contributed by atoms with Gasteiger partial charge in [-0.1, -0.05) is 0 Å². The van der Waals surface area contributed by atoms with Gasteiger partial charge < -0.3 is 5.32 Å². The molecule has 2 nitrogen and oxygen atoms in total. The molecule has 0 aromatic carbocycles. The molecular weight excluding hydrogens is 191 g/mol. The summed E-state index contributed by atoms with van der Waals surface area (Å²) < 4.78 is 12.7. The maximum absolute atomic E-state index is 12.7. The molecule has 0 amide bonds. The summed E-state index contributed by atoms with van der Waals surface area (Å²) in [6.07, 6.45) is 2.82. The molecule has 1 unspecified atom stereocenters. The zero-order valence-corrected chi connectivity index (χ0v) is 8.18. The Morgan fingerprint density at radius 3 is 3.00 bits per heavy atom. The highest BCUT2D eigenvalue weighted by atomic mass is 35.5. The van der Waals surface area contributed by atoms with Gasteiger partial charge in [-0.05, 0) is 18.6 Å². The van der Waals surface area contributed by atoms with Crippen LogP contribution >= 0.6 is 11.6 Å². The van der Waals surface area contributed by atoms with E-state index in [1.165, 1.54) is 12.3 Å². The highest BCUT2D eigenvalue weighted by molar-refractivity contribution is 6.18. The minimum atomic E-state index is -0.308. The van der Waals surface area contributed by atoms with Crippen molar-refractivity contribution in [2.45, 2.75) is 19.5 Å². The molecule has 0 fully saturated rings. The minimum absolute atomic E-state index is 0.227. The van der Waals surface area contributed by atoms with Gasteiger partial charge in [0, 0.05) is 24.7 Å². The zero-order chi connectivity index (χ0) is 9.68. The highest BCUT2D eigenvalue weighted by Gasteiger charge is 2.00. The first kappa shape index (κ1) is 10.4. The molecule has 1 heterocycles. The van der Waals surface area contributed by atoms with Crippen LogP contribution in [-0.4, -0.2) is 16.9 Å². The molecule has 1 aromatic rings. The summed E-state index contributed by atoms with van der Waals surface area (Å²) in [7, 11) is 0. The number of pyridine rings is 1. The second kappa shape index (κ2) is 5.14. The molecular formula is C9H12ClFN2. The molecule has 0 aliphatic rings. The quantitative estimate of drug-likeness (QED) is 0.755. The van der Waals surface area contributed by atoms with Gasteiger partial charge in [0.2, 0.25) is 0 Å². The van der Waals surface area contributed by atoms with Crippen LogP contribution in [0, 0.1) is 5.82 Å². The van der Waals surface area contributed by atoms with Crippen LogP contribution in [0.25, 0.3) is 0 Å². The largest absolute Gasteiger partial charge is 0.309 e. The predicted octanol–water partition coefficient (Wildman–Crippen LogP) is 1.94. The van der Waals surface area contributed by atoms with Crippen LogP contribution in [0.2, 0.25) is 0 Å². The van der Waals surface area contributed by atoms with Crippen molar-refractivity contribution in [2.24, 2.45) is 0 Å². The first-order valence-corrected chi connectivity index (χ1v) is 4.64. The number of hydrogen-bond acceptors (Lipinski definition) is 2. The molecule has 0 aliphatic heterocycles. The summed E-state index contributed by atoms with van der Waals surface area (Å²) in [5.74, 6) is 0.237. The molecule has 1 aromatic heterocycles. The van der Waals surface area contributed by atoms with Crippen molar-refractivity contribution in [2.75, 3.05) is 5.88 Å². The molecule has 0 saturated heterocycles. The Bertz CT molecular complexity index is 268. The molecule has 1 atom stereocenters. The molecule has 72 valence electrons. The van der Waals surface area contributed by atoms with Crippen LogP contribution in [0.3, 0.4) is 0 Å². The number of hydrogen-bond donors (Lipinski definition) is 1. The number of aromatic nitrogens is 1. The Morgan fingerprint density at radius 1 is 1.62 bits per heavy atom. The van der Waals surface area contributed by atoms with E-state index in [1.54, 1.807) is 6.20 Å². The lowest BCUT2D eigenvalue weighted by atomic mass is 10.2. The van der Waals surface area contributed by atoms with E-state index in [1.807, 2.05) is 6.92 Å². The Morgan fingerprint density at radius 2 is 2.38 bits per heavy atom.